The first-order valence-electron chi connectivity index (χ1n) is 13.8. The lowest BCUT2D eigenvalue weighted by Gasteiger charge is -2.27. The molecule has 10 nitrogen and oxygen atoms in total. The van der Waals surface area contributed by atoms with E-state index in [9.17, 15) is 14.4 Å². The van der Waals surface area contributed by atoms with Gasteiger partial charge in [-0.25, -0.2) is 0 Å². The summed E-state index contributed by atoms with van der Waals surface area (Å²) in [5.41, 5.74) is 9.42. The molecule has 1 aromatic carbocycles. The molecule has 0 radical (unpaired) electrons. The van der Waals surface area contributed by atoms with Crippen LogP contribution in [-0.4, -0.2) is 74.0 Å². The molecule has 39 heavy (non-hydrogen) atoms. The highest BCUT2D eigenvalue weighted by Gasteiger charge is 2.41. The van der Waals surface area contributed by atoms with E-state index < -0.39 is 12.1 Å². The highest BCUT2D eigenvalue weighted by atomic mass is 16.2. The first kappa shape index (κ1) is 26.8. The SMILES string of the molecule is Cn1ncc2cc(CNC(=O)C3CC(Cc4ccncc4)CN3C(=O)C(N)CCC(=O)N3CCCC3)ccc21. The molecule has 4 heterocycles. The monoisotopic (exact) mass is 531 g/mol. The van der Waals surface area contributed by atoms with Crippen LogP contribution in [0.25, 0.3) is 10.9 Å². The molecule has 3 unspecified atom stereocenters. The Bertz CT molecular complexity index is 1320. The van der Waals surface area contributed by atoms with E-state index in [-0.39, 0.29) is 36.5 Å². The molecule has 3 aromatic rings. The Labute approximate surface area is 228 Å². The molecule has 5 rings (SSSR count). The summed E-state index contributed by atoms with van der Waals surface area (Å²) in [7, 11) is 1.89. The minimum atomic E-state index is -0.820. The number of aryl methyl sites for hydroxylation is 1. The summed E-state index contributed by atoms with van der Waals surface area (Å²) in [6.45, 7) is 2.36. The number of hydrogen-bond donors (Lipinski definition) is 2. The van der Waals surface area contributed by atoms with Crippen LogP contribution in [0.15, 0.2) is 48.9 Å². The molecule has 0 spiro atoms. The van der Waals surface area contributed by atoms with Gasteiger partial charge in [0.15, 0.2) is 0 Å². The lowest BCUT2D eigenvalue weighted by molar-refractivity contribution is -0.140. The van der Waals surface area contributed by atoms with Gasteiger partial charge in [-0.15, -0.1) is 0 Å². The summed E-state index contributed by atoms with van der Waals surface area (Å²) in [5, 5.41) is 8.32. The van der Waals surface area contributed by atoms with E-state index in [0.29, 0.717) is 19.5 Å². The zero-order valence-electron chi connectivity index (χ0n) is 22.5. The number of hydrogen-bond acceptors (Lipinski definition) is 6. The maximum Gasteiger partial charge on any atom is 0.243 e. The first-order valence-corrected chi connectivity index (χ1v) is 13.8. The number of nitrogens with zero attached hydrogens (tertiary/aromatic N) is 5. The van der Waals surface area contributed by atoms with Crippen LogP contribution < -0.4 is 11.1 Å². The molecule has 2 aliphatic heterocycles. The van der Waals surface area contributed by atoms with E-state index >= 15 is 0 Å². The number of nitrogens with one attached hydrogen (secondary N) is 1. The number of carbonyl (C=O) groups is 3. The highest BCUT2D eigenvalue weighted by Crippen LogP contribution is 2.28. The van der Waals surface area contributed by atoms with Crippen molar-refractivity contribution in [3.63, 3.8) is 0 Å². The van der Waals surface area contributed by atoms with Gasteiger partial charge in [0, 0.05) is 57.4 Å². The number of carbonyl (C=O) groups excluding carboxylic acids is 3. The summed E-state index contributed by atoms with van der Waals surface area (Å²) in [6, 6.07) is 8.48. The van der Waals surface area contributed by atoms with Crippen molar-refractivity contribution in [3.05, 3.63) is 60.0 Å². The van der Waals surface area contributed by atoms with Crippen molar-refractivity contribution in [3.8, 4) is 0 Å². The molecule has 3 amide bonds. The summed E-state index contributed by atoms with van der Waals surface area (Å²) in [6.07, 6.45) is 9.18. The fraction of sp³-hybridized carbons (Fsp3) is 0.483. The molecule has 2 fully saturated rings. The highest BCUT2D eigenvalue weighted by molar-refractivity contribution is 5.91. The van der Waals surface area contributed by atoms with Crippen molar-refractivity contribution in [1.29, 1.82) is 0 Å². The Kier molecular flexibility index (Phi) is 8.21. The molecule has 3 N–H and O–H groups in total. The number of pyridine rings is 1. The molecule has 0 saturated carbocycles. The van der Waals surface area contributed by atoms with Gasteiger partial charge in [-0.3, -0.25) is 24.0 Å². The number of amides is 3. The van der Waals surface area contributed by atoms with Crippen molar-refractivity contribution >= 4 is 28.6 Å². The van der Waals surface area contributed by atoms with Crippen molar-refractivity contribution in [1.82, 2.24) is 29.9 Å². The quantitative estimate of drug-likeness (QED) is 0.433. The van der Waals surface area contributed by atoms with Crippen molar-refractivity contribution < 1.29 is 14.4 Å². The van der Waals surface area contributed by atoms with Crippen molar-refractivity contribution in [2.45, 2.75) is 57.2 Å². The third-order valence-corrected chi connectivity index (χ3v) is 7.97. The number of rotatable bonds is 9. The second-order valence-electron chi connectivity index (χ2n) is 10.8. The van der Waals surface area contributed by atoms with E-state index in [1.54, 1.807) is 23.5 Å². The minimum Gasteiger partial charge on any atom is -0.350 e. The largest absolute Gasteiger partial charge is 0.350 e. The van der Waals surface area contributed by atoms with Crippen LogP contribution in [0.2, 0.25) is 0 Å². The fourth-order valence-corrected chi connectivity index (χ4v) is 5.79. The minimum absolute atomic E-state index is 0.0487. The zero-order chi connectivity index (χ0) is 27.4. The Morgan fingerprint density at radius 3 is 2.64 bits per heavy atom. The molecular formula is C29H37N7O3. The van der Waals surface area contributed by atoms with E-state index in [1.807, 2.05) is 47.0 Å². The normalized spacial score (nSPS) is 19.9. The van der Waals surface area contributed by atoms with Gasteiger partial charge in [0.05, 0.1) is 17.8 Å². The number of benzene rings is 1. The van der Waals surface area contributed by atoms with Crippen LogP contribution in [-0.2, 0) is 34.4 Å². The van der Waals surface area contributed by atoms with Gasteiger partial charge in [0.25, 0.3) is 0 Å². The van der Waals surface area contributed by atoms with Crippen LogP contribution in [0.1, 0.15) is 43.2 Å². The Balaban J connectivity index is 1.24. The number of nitrogens with two attached hydrogens (primary N) is 1. The standard InChI is InChI=1S/C29H37N7O3/c1-34-25-6-4-21(15-23(25)18-33-34)17-32-28(38)26-16-22(14-20-8-10-31-11-9-20)19-36(26)29(39)24(30)5-7-27(37)35-12-2-3-13-35/h4,6,8-11,15,18,22,24,26H,2-3,5,7,12-14,16-17,19,30H2,1H3,(H,32,38). The lowest BCUT2D eigenvalue weighted by Crippen LogP contribution is -2.51. The van der Waals surface area contributed by atoms with E-state index in [0.717, 1.165) is 54.4 Å². The Morgan fingerprint density at radius 1 is 1.10 bits per heavy atom. The van der Waals surface area contributed by atoms with Gasteiger partial charge >= 0.3 is 0 Å². The smallest absolute Gasteiger partial charge is 0.243 e. The van der Waals surface area contributed by atoms with Crippen LogP contribution in [0.5, 0.6) is 0 Å². The Morgan fingerprint density at radius 2 is 1.87 bits per heavy atom. The van der Waals surface area contributed by atoms with Gasteiger partial charge in [-0.05, 0) is 73.4 Å². The van der Waals surface area contributed by atoms with Crippen LogP contribution in [0.3, 0.4) is 0 Å². The molecule has 3 atom stereocenters. The molecule has 2 aliphatic rings. The van der Waals surface area contributed by atoms with Gasteiger partial charge < -0.3 is 20.9 Å². The van der Waals surface area contributed by atoms with Crippen LogP contribution in [0, 0.1) is 5.92 Å². The topological polar surface area (TPSA) is 126 Å². The predicted molar refractivity (Wildman–Crippen MR) is 147 cm³/mol. The Hall–Kier alpha value is -3.79. The van der Waals surface area contributed by atoms with Crippen LogP contribution in [0.4, 0.5) is 0 Å². The summed E-state index contributed by atoms with van der Waals surface area (Å²) >= 11 is 0. The fourth-order valence-electron chi connectivity index (χ4n) is 5.79. The van der Waals surface area contributed by atoms with E-state index in [2.05, 4.69) is 15.4 Å². The number of aromatic nitrogens is 3. The second kappa shape index (κ2) is 11.9. The van der Waals surface area contributed by atoms with Gasteiger partial charge in [0.1, 0.15) is 6.04 Å². The summed E-state index contributed by atoms with van der Waals surface area (Å²) in [4.78, 5) is 47.0. The van der Waals surface area contributed by atoms with E-state index in [4.69, 9.17) is 5.73 Å². The average Bonchev–Trinajstić information content (AvgIpc) is 3.71. The maximum atomic E-state index is 13.5. The van der Waals surface area contributed by atoms with Crippen LogP contribution >= 0.6 is 0 Å². The molecule has 10 heteroatoms. The summed E-state index contributed by atoms with van der Waals surface area (Å²) in [5.74, 6) is -0.282. The third kappa shape index (κ3) is 6.27. The molecule has 0 aliphatic carbocycles. The molecule has 2 saturated heterocycles. The number of fused-ring (bicyclic) bond motifs is 1. The second-order valence-corrected chi connectivity index (χ2v) is 10.8. The lowest BCUT2D eigenvalue weighted by atomic mass is 9.97. The third-order valence-electron chi connectivity index (χ3n) is 7.97. The van der Waals surface area contributed by atoms with Crippen molar-refractivity contribution in [2.24, 2.45) is 18.7 Å². The predicted octanol–water partition coefficient (Wildman–Crippen LogP) is 1.77. The average molecular weight is 532 g/mol. The van der Waals surface area contributed by atoms with Crippen molar-refractivity contribution in [2.75, 3.05) is 19.6 Å². The maximum absolute atomic E-state index is 13.5. The first-order chi connectivity index (χ1) is 18.9. The zero-order valence-corrected chi connectivity index (χ0v) is 22.5. The summed E-state index contributed by atoms with van der Waals surface area (Å²) < 4.78 is 1.81. The molecule has 206 valence electrons. The van der Waals surface area contributed by atoms with E-state index in [1.165, 1.54) is 0 Å². The molecular weight excluding hydrogens is 494 g/mol. The molecule has 0 bridgehead atoms. The van der Waals surface area contributed by atoms with Gasteiger partial charge in [-0.1, -0.05) is 6.07 Å². The number of likely N-dealkylation sites (tertiary alicyclic amines) is 2. The van der Waals surface area contributed by atoms with Gasteiger partial charge in [-0.2, -0.15) is 5.10 Å². The van der Waals surface area contributed by atoms with Gasteiger partial charge in [0.2, 0.25) is 17.7 Å². The molecule has 2 aromatic heterocycles.